The van der Waals surface area contributed by atoms with Crippen LogP contribution in [0.1, 0.15) is 0 Å². The van der Waals surface area contributed by atoms with Crippen molar-refractivity contribution in [3.63, 3.8) is 0 Å². The van der Waals surface area contributed by atoms with E-state index in [9.17, 15) is 4.57 Å². The molecule has 0 saturated carbocycles. The third-order valence-electron chi connectivity index (χ3n) is 0.354. The standard InChI is InChI=1S/C3H6BrO3P/c4-2-1-3-7-8(5)6/h1,3,8H,2H2,(H,5,6). The van der Waals surface area contributed by atoms with E-state index in [2.05, 4.69) is 20.5 Å². The average Bonchev–Trinajstić information content (AvgIpc) is 1.66. The molecule has 0 bridgehead atoms. The Morgan fingerprint density at radius 3 is 2.88 bits per heavy atom. The third kappa shape index (κ3) is 6.21. The van der Waals surface area contributed by atoms with E-state index in [-0.39, 0.29) is 0 Å². The van der Waals surface area contributed by atoms with E-state index in [4.69, 9.17) is 4.89 Å². The summed E-state index contributed by atoms with van der Waals surface area (Å²) in [5.41, 5.74) is 0. The Kier molecular flexibility index (Phi) is 5.49. The van der Waals surface area contributed by atoms with Gasteiger partial charge in [-0.05, 0) is 6.08 Å². The van der Waals surface area contributed by atoms with Crippen molar-refractivity contribution in [2.45, 2.75) is 0 Å². The summed E-state index contributed by atoms with van der Waals surface area (Å²) in [5, 5.41) is 0.627. The van der Waals surface area contributed by atoms with E-state index in [0.29, 0.717) is 5.33 Å². The molecule has 0 aliphatic carbocycles. The summed E-state index contributed by atoms with van der Waals surface area (Å²) in [7, 11) is -2.76. The molecule has 5 heteroatoms. The van der Waals surface area contributed by atoms with Crippen molar-refractivity contribution < 1.29 is 14.0 Å². The van der Waals surface area contributed by atoms with Crippen LogP contribution in [0.3, 0.4) is 0 Å². The number of alkyl halides is 1. The number of rotatable bonds is 3. The van der Waals surface area contributed by atoms with Crippen molar-refractivity contribution in [1.82, 2.24) is 0 Å². The van der Waals surface area contributed by atoms with Gasteiger partial charge in [0, 0.05) is 5.33 Å². The smallest absolute Gasteiger partial charge is 0.364 e. The van der Waals surface area contributed by atoms with E-state index in [1.165, 1.54) is 6.26 Å². The van der Waals surface area contributed by atoms with E-state index in [0.717, 1.165) is 0 Å². The van der Waals surface area contributed by atoms with Crippen LogP contribution in [-0.2, 0) is 9.09 Å². The van der Waals surface area contributed by atoms with E-state index < -0.39 is 8.25 Å². The van der Waals surface area contributed by atoms with Crippen LogP contribution in [0, 0.1) is 0 Å². The molecule has 0 spiro atoms. The highest BCUT2D eigenvalue weighted by Gasteiger charge is 1.80. The van der Waals surface area contributed by atoms with Gasteiger partial charge in [0.05, 0.1) is 6.26 Å². The van der Waals surface area contributed by atoms with Crippen LogP contribution in [0.25, 0.3) is 0 Å². The van der Waals surface area contributed by atoms with Crippen molar-refractivity contribution in [3.8, 4) is 0 Å². The first-order valence-electron chi connectivity index (χ1n) is 1.88. The van der Waals surface area contributed by atoms with Crippen LogP contribution in [0.15, 0.2) is 12.3 Å². The molecule has 8 heavy (non-hydrogen) atoms. The van der Waals surface area contributed by atoms with Gasteiger partial charge in [-0.25, -0.2) is 4.57 Å². The lowest BCUT2D eigenvalue weighted by Gasteiger charge is -1.87. The first kappa shape index (κ1) is 8.21. The van der Waals surface area contributed by atoms with Gasteiger partial charge in [0.15, 0.2) is 0 Å². The maximum absolute atomic E-state index is 9.77. The molecule has 1 unspecified atom stereocenters. The van der Waals surface area contributed by atoms with Gasteiger partial charge < -0.3 is 9.42 Å². The molecule has 0 aromatic carbocycles. The van der Waals surface area contributed by atoms with Gasteiger partial charge in [-0.1, -0.05) is 15.9 Å². The van der Waals surface area contributed by atoms with Gasteiger partial charge in [0.1, 0.15) is 0 Å². The topological polar surface area (TPSA) is 46.5 Å². The molecule has 1 atom stereocenters. The van der Waals surface area contributed by atoms with Crippen molar-refractivity contribution in [3.05, 3.63) is 12.3 Å². The fraction of sp³-hybridized carbons (Fsp3) is 0.333. The molecule has 0 aromatic rings. The fourth-order valence-corrected chi connectivity index (χ4v) is 0.508. The summed E-state index contributed by atoms with van der Waals surface area (Å²) >= 11 is 3.06. The van der Waals surface area contributed by atoms with Crippen molar-refractivity contribution in [2.24, 2.45) is 0 Å². The lowest BCUT2D eigenvalue weighted by atomic mass is 10.7. The van der Waals surface area contributed by atoms with Crippen LogP contribution in [0.5, 0.6) is 0 Å². The molecule has 0 fully saturated rings. The minimum Gasteiger partial charge on any atom is -0.435 e. The minimum absolute atomic E-state index is 0.627. The lowest BCUT2D eigenvalue weighted by molar-refractivity contribution is 0.378. The molecule has 3 nitrogen and oxygen atoms in total. The zero-order valence-corrected chi connectivity index (χ0v) is 6.59. The predicted molar refractivity (Wildman–Crippen MR) is 35.2 cm³/mol. The normalized spacial score (nSPS) is 14.2. The molecule has 1 N–H and O–H groups in total. The van der Waals surface area contributed by atoms with Gasteiger partial charge in [0.25, 0.3) is 0 Å². The molecule has 0 amide bonds. The van der Waals surface area contributed by atoms with Gasteiger partial charge in [-0.15, -0.1) is 0 Å². The first-order chi connectivity index (χ1) is 3.77. The maximum Gasteiger partial charge on any atom is 0.364 e. The maximum atomic E-state index is 9.77. The van der Waals surface area contributed by atoms with E-state index >= 15 is 0 Å². The Labute approximate surface area is 56.4 Å². The largest absolute Gasteiger partial charge is 0.435 e. The van der Waals surface area contributed by atoms with Gasteiger partial charge in [-0.3, -0.25) is 0 Å². The SMILES string of the molecule is O=[PH](O)OC=CCBr. The molecular formula is C3H6BrO3P. The summed E-state index contributed by atoms with van der Waals surface area (Å²) in [6.07, 6.45) is 2.77. The number of allylic oxidation sites excluding steroid dienone is 1. The predicted octanol–water partition coefficient (Wildman–Crippen LogP) is 1.29. The highest BCUT2D eigenvalue weighted by atomic mass is 79.9. The Bertz CT molecular complexity index is 103. The Hall–Kier alpha value is 0.210. The number of hydrogen-bond acceptors (Lipinski definition) is 2. The van der Waals surface area contributed by atoms with Crippen molar-refractivity contribution in [2.75, 3.05) is 5.33 Å². The monoisotopic (exact) mass is 200 g/mol. The molecule has 48 valence electrons. The highest BCUT2D eigenvalue weighted by Crippen LogP contribution is 2.13. The molecule has 0 radical (unpaired) electrons. The molecule has 0 heterocycles. The van der Waals surface area contributed by atoms with E-state index in [1.54, 1.807) is 6.08 Å². The zero-order valence-electron chi connectivity index (χ0n) is 4.00. The molecular weight excluding hydrogens is 195 g/mol. The van der Waals surface area contributed by atoms with Gasteiger partial charge in [0.2, 0.25) is 0 Å². The van der Waals surface area contributed by atoms with Gasteiger partial charge >= 0.3 is 8.25 Å². The summed E-state index contributed by atoms with van der Waals surface area (Å²) < 4.78 is 13.9. The molecule has 0 rings (SSSR count). The molecule has 0 aliphatic rings. The lowest BCUT2D eigenvalue weighted by Crippen LogP contribution is -1.63. The summed E-state index contributed by atoms with van der Waals surface area (Å²) in [4.78, 5) is 8.04. The zero-order chi connectivity index (χ0) is 6.41. The molecule has 0 saturated heterocycles. The molecule has 0 aliphatic heterocycles. The van der Waals surface area contributed by atoms with E-state index in [1.807, 2.05) is 0 Å². The van der Waals surface area contributed by atoms with Crippen molar-refractivity contribution in [1.29, 1.82) is 0 Å². The Morgan fingerprint density at radius 1 is 1.88 bits per heavy atom. The minimum atomic E-state index is -2.76. The highest BCUT2D eigenvalue weighted by molar-refractivity contribution is 9.09. The van der Waals surface area contributed by atoms with Crippen LogP contribution < -0.4 is 0 Å². The summed E-state index contributed by atoms with van der Waals surface area (Å²) in [5.74, 6) is 0. The fourth-order valence-electron chi connectivity index (χ4n) is 0.143. The quantitative estimate of drug-likeness (QED) is 0.425. The Balaban J connectivity index is 3.16. The second-order valence-corrected chi connectivity index (χ2v) is 2.32. The number of halogens is 1. The average molecular weight is 201 g/mol. The first-order valence-corrected chi connectivity index (χ1v) is 4.26. The van der Waals surface area contributed by atoms with Gasteiger partial charge in [-0.2, -0.15) is 0 Å². The second-order valence-electron chi connectivity index (χ2n) is 0.910. The van der Waals surface area contributed by atoms with Crippen LogP contribution >= 0.6 is 24.2 Å². The molecule has 0 aromatic heterocycles. The van der Waals surface area contributed by atoms with Crippen LogP contribution in [0.4, 0.5) is 0 Å². The van der Waals surface area contributed by atoms with Crippen molar-refractivity contribution >= 4 is 24.2 Å². The summed E-state index contributed by atoms with van der Waals surface area (Å²) in [6, 6.07) is 0. The third-order valence-corrected chi connectivity index (χ3v) is 1.07. The number of hydrogen-bond donors (Lipinski definition) is 1. The second kappa shape index (κ2) is 5.35. The summed E-state index contributed by atoms with van der Waals surface area (Å²) in [6.45, 7) is 0. The van der Waals surface area contributed by atoms with Crippen LogP contribution in [0.2, 0.25) is 0 Å². The Morgan fingerprint density at radius 2 is 2.50 bits per heavy atom. The van der Waals surface area contributed by atoms with Crippen LogP contribution in [-0.4, -0.2) is 10.2 Å².